The van der Waals surface area contributed by atoms with Gasteiger partial charge in [-0.25, -0.2) is 13.9 Å². The molecule has 1 heterocycles. The zero-order valence-electron chi connectivity index (χ0n) is 9.44. The van der Waals surface area contributed by atoms with Crippen LogP contribution in [-0.2, 0) is 0 Å². The Morgan fingerprint density at radius 1 is 1.35 bits per heavy atom. The first-order chi connectivity index (χ1) is 7.99. The Morgan fingerprint density at radius 3 is 2.59 bits per heavy atom. The number of nitrogens with zero attached hydrogens (tertiary/aromatic N) is 2. The van der Waals surface area contributed by atoms with Crippen LogP contribution >= 0.6 is 0 Å². The molecule has 0 aliphatic carbocycles. The van der Waals surface area contributed by atoms with Crippen molar-refractivity contribution in [3.05, 3.63) is 47.0 Å². The number of hydrogen-bond acceptors (Lipinski definition) is 2. The molecule has 1 aromatic carbocycles. The molecule has 0 fully saturated rings. The molecule has 0 saturated carbocycles. The van der Waals surface area contributed by atoms with E-state index in [4.69, 9.17) is 5.11 Å². The molecular formula is C12H11FN2O2. The Kier molecular flexibility index (Phi) is 2.67. The zero-order valence-corrected chi connectivity index (χ0v) is 9.44. The van der Waals surface area contributed by atoms with Crippen molar-refractivity contribution in [3.8, 4) is 5.69 Å². The predicted molar refractivity (Wildman–Crippen MR) is 60.0 cm³/mol. The van der Waals surface area contributed by atoms with Crippen molar-refractivity contribution in [2.75, 3.05) is 0 Å². The summed E-state index contributed by atoms with van der Waals surface area (Å²) in [7, 11) is 0. The molecule has 0 spiro atoms. The van der Waals surface area contributed by atoms with Gasteiger partial charge in [0.05, 0.1) is 5.69 Å². The Hall–Kier alpha value is -2.17. The molecular weight excluding hydrogens is 223 g/mol. The first kappa shape index (κ1) is 11.3. The third-order valence-electron chi connectivity index (χ3n) is 2.51. The van der Waals surface area contributed by atoms with E-state index >= 15 is 0 Å². The topological polar surface area (TPSA) is 55.1 Å². The summed E-state index contributed by atoms with van der Waals surface area (Å²) >= 11 is 0. The van der Waals surface area contributed by atoms with Gasteiger partial charge in [-0.15, -0.1) is 0 Å². The van der Waals surface area contributed by atoms with Gasteiger partial charge < -0.3 is 5.11 Å². The lowest BCUT2D eigenvalue weighted by Gasteiger charge is -2.02. The first-order valence-electron chi connectivity index (χ1n) is 5.05. The Morgan fingerprint density at radius 2 is 2.06 bits per heavy atom. The lowest BCUT2D eigenvalue weighted by Crippen LogP contribution is -2.02. The van der Waals surface area contributed by atoms with E-state index in [9.17, 15) is 9.18 Å². The largest absolute Gasteiger partial charge is 0.476 e. The average molecular weight is 234 g/mol. The van der Waals surface area contributed by atoms with E-state index in [1.807, 2.05) is 0 Å². The molecule has 0 atom stereocenters. The van der Waals surface area contributed by atoms with E-state index in [2.05, 4.69) is 5.10 Å². The van der Waals surface area contributed by atoms with Gasteiger partial charge in [-0.1, -0.05) is 0 Å². The van der Waals surface area contributed by atoms with Crippen molar-refractivity contribution in [1.82, 2.24) is 9.78 Å². The van der Waals surface area contributed by atoms with Crippen LogP contribution < -0.4 is 0 Å². The van der Waals surface area contributed by atoms with Crippen LogP contribution in [0.2, 0.25) is 0 Å². The van der Waals surface area contributed by atoms with Crippen LogP contribution in [0.25, 0.3) is 5.69 Å². The van der Waals surface area contributed by atoms with Crippen molar-refractivity contribution in [3.63, 3.8) is 0 Å². The second kappa shape index (κ2) is 4.01. The van der Waals surface area contributed by atoms with E-state index in [1.165, 1.54) is 10.7 Å². The lowest BCUT2D eigenvalue weighted by atomic mass is 10.2. The minimum absolute atomic E-state index is 0.00646. The fraction of sp³-hybridized carbons (Fsp3) is 0.167. The van der Waals surface area contributed by atoms with Crippen LogP contribution in [0.1, 0.15) is 21.6 Å². The highest BCUT2D eigenvalue weighted by atomic mass is 19.1. The molecule has 2 rings (SSSR count). The van der Waals surface area contributed by atoms with Gasteiger partial charge in [0, 0.05) is 11.8 Å². The molecule has 0 saturated heterocycles. The molecule has 0 aliphatic heterocycles. The highest BCUT2D eigenvalue weighted by Crippen LogP contribution is 2.15. The minimum atomic E-state index is -1.07. The summed E-state index contributed by atoms with van der Waals surface area (Å²) in [6, 6.07) is 4.51. The van der Waals surface area contributed by atoms with Crippen molar-refractivity contribution >= 4 is 5.97 Å². The maximum atomic E-state index is 13.1. The molecule has 1 aromatic heterocycles. The van der Waals surface area contributed by atoms with E-state index in [1.54, 1.807) is 32.2 Å². The molecule has 0 aliphatic rings. The quantitative estimate of drug-likeness (QED) is 0.867. The third kappa shape index (κ3) is 2.04. The smallest absolute Gasteiger partial charge is 0.356 e. The monoisotopic (exact) mass is 234 g/mol. The molecule has 0 unspecified atom stereocenters. The van der Waals surface area contributed by atoms with Gasteiger partial charge in [-0.3, -0.25) is 0 Å². The number of aromatic carboxylic acids is 1. The number of hydrogen-bond donors (Lipinski definition) is 1. The number of rotatable bonds is 2. The summed E-state index contributed by atoms with van der Waals surface area (Å²) in [6.45, 7) is 3.32. The highest BCUT2D eigenvalue weighted by molar-refractivity contribution is 5.86. The van der Waals surface area contributed by atoms with Crippen LogP contribution in [0.3, 0.4) is 0 Å². The van der Waals surface area contributed by atoms with Crippen LogP contribution in [0.4, 0.5) is 4.39 Å². The van der Waals surface area contributed by atoms with Gasteiger partial charge in [-0.2, -0.15) is 5.10 Å². The number of aryl methyl sites for hydroxylation is 2. The van der Waals surface area contributed by atoms with E-state index in [-0.39, 0.29) is 11.5 Å². The van der Waals surface area contributed by atoms with Crippen LogP contribution in [-0.4, -0.2) is 20.9 Å². The van der Waals surface area contributed by atoms with Crippen molar-refractivity contribution in [1.29, 1.82) is 0 Å². The maximum Gasteiger partial charge on any atom is 0.356 e. The number of carboxylic acid groups (broad SMARTS) is 1. The molecule has 0 bridgehead atoms. The fourth-order valence-electron chi connectivity index (χ4n) is 1.58. The molecule has 0 radical (unpaired) electrons. The standard InChI is InChI=1S/C12H11FN2O2/c1-7-5-9(3-4-10(7)13)15-6-8(2)11(14-15)12(16)17/h3-6H,1-2H3,(H,16,17). The maximum absolute atomic E-state index is 13.1. The number of aromatic nitrogens is 2. The molecule has 0 amide bonds. The number of benzene rings is 1. The molecule has 88 valence electrons. The summed E-state index contributed by atoms with van der Waals surface area (Å²) in [5.74, 6) is -1.36. The SMILES string of the molecule is Cc1cc(-n2cc(C)c(C(=O)O)n2)ccc1F. The normalized spacial score (nSPS) is 10.5. The number of carboxylic acids is 1. The molecule has 1 N–H and O–H groups in total. The molecule has 17 heavy (non-hydrogen) atoms. The van der Waals surface area contributed by atoms with Crippen LogP contribution in [0.5, 0.6) is 0 Å². The van der Waals surface area contributed by atoms with E-state index in [0.29, 0.717) is 16.8 Å². The lowest BCUT2D eigenvalue weighted by molar-refractivity contribution is 0.0689. The number of carbonyl (C=O) groups is 1. The third-order valence-corrected chi connectivity index (χ3v) is 2.51. The van der Waals surface area contributed by atoms with Gasteiger partial charge >= 0.3 is 5.97 Å². The van der Waals surface area contributed by atoms with Crippen LogP contribution in [0, 0.1) is 19.7 Å². The summed E-state index contributed by atoms with van der Waals surface area (Å²) < 4.78 is 14.5. The number of halogens is 1. The fourth-order valence-corrected chi connectivity index (χ4v) is 1.58. The Balaban J connectivity index is 2.50. The Labute approximate surface area is 97.3 Å². The van der Waals surface area contributed by atoms with Gasteiger partial charge in [0.1, 0.15) is 5.82 Å². The second-order valence-electron chi connectivity index (χ2n) is 3.84. The highest BCUT2D eigenvalue weighted by Gasteiger charge is 2.13. The molecule has 5 heteroatoms. The first-order valence-corrected chi connectivity index (χ1v) is 5.05. The second-order valence-corrected chi connectivity index (χ2v) is 3.84. The summed E-state index contributed by atoms with van der Waals surface area (Å²) in [6.07, 6.45) is 1.61. The van der Waals surface area contributed by atoms with Crippen LogP contribution in [0.15, 0.2) is 24.4 Å². The van der Waals surface area contributed by atoms with E-state index < -0.39 is 5.97 Å². The van der Waals surface area contributed by atoms with Gasteiger partial charge in [0.2, 0.25) is 0 Å². The average Bonchev–Trinajstić information content (AvgIpc) is 2.64. The van der Waals surface area contributed by atoms with Gasteiger partial charge in [0.25, 0.3) is 0 Å². The Bertz CT molecular complexity index is 590. The van der Waals surface area contributed by atoms with Crippen molar-refractivity contribution in [2.24, 2.45) is 0 Å². The summed E-state index contributed by atoms with van der Waals surface area (Å²) in [5.41, 5.74) is 1.71. The predicted octanol–water partition coefficient (Wildman–Crippen LogP) is 2.33. The van der Waals surface area contributed by atoms with Gasteiger partial charge in [0.15, 0.2) is 5.69 Å². The van der Waals surface area contributed by atoms with Crippen molar-refractivity contribution in [2.45, 2.75) is 13.8 Å². The van der Waals surface area contributed by atoms with Crippen molar-refractivity contribution < 1.29 is 14.3 Å². The minimum Gasteiger partial charge on any atom is -0.476 e. The molecule has 4 nitrogen and oxygen atoms in total. The summed E-state index contributed by atoms with van der Waals surface area (Å²) in [4.78, 5) is 10.9. The zero-order chi connectivity index (χ0) is 12.6. The van der Waals surface area contributed by atoms with E-state index in [0.717, 1.165) is 0 Å². The summed E-state index contributed by atoms with van der Waals surface area (Å²) in [5, 5.41) is 12.8. The molecule has 2 aromatic rings. The van der Waals surface area contributed by atoms with Gasteiger partial charge in [-0.05, 0) is 37.6 Å².